The maximum Gasteiger partial charge on any atom is 0.255 e. The third-order valence-electron chi connectivity index (χ3n) is 3.80. The van der Waals surface area contributed by atoms with E-state index < -0.39 is 0 Å². The van der Waals surface area contributed by atoms with E-state index in [2.05, 4.69) is 35.2 Å². The molecule has 1 aromatic carbocycles. The van der Waals surface area contributed by atoms with Gasteiger partial charge in [0, 0.05) is 11.3 Å². The van der Waals surface area contributed by atoms with Gasteiger partial charge in [-0.15, -0.1) is 0 Å². The Labute approximate surface area is 111 Å². The minimum atomic E-state index is -0.00435. The van der Waals surface area contributed by atoms with Crippen molar-refractivity contribution in [3.63, 3.8) is 0 Å². The molecule has 0 unspecified atom stereocenters. The second-order valence-electron chi connectivity index (χ2n) is 5.07. The number of aromatic amines is 1. The van der Waals surface area contributed by atoms with Crippen molar-refractivity contribution in [1.82, 2.24) is 9.97 Å². The predicted molar refractivity (Wildman–Crippen MR) is 76.1 cm³/mol. The van der Waals surface area contributed by atoms with Gasteiger partial charge in [0.15, 0.2) is 0 Å². The van der Waals surface area contributed by atoms with Crippen LogP contribution in [0.3, 0.4) is 0 Å². The Hall–Kier alpha value is -2.10. The van der Waals surface area contributed by atoms with Gasteiger partial charge in [-0.2, -0.15) is 0 Å². The molecule has 4 nitrogen and oxygen atoms in total. The first-order valence-corrected chi connectivity index (χ1v) is 6.60. The van der Waals surface area contributed by atoms with Crippen LogP contribution in [0.15, 0.2) is 23.0 Å². The number of fused-ring (bicyclic) bond motifs is 1. The molecule has 0 atom stereocenters. The number of hydrogen-bond donors (Lipinski definition) is 2. The molecule has 0 saturated carbocycles. The summed E-state index contributed by atoms with van der Waals surface area (Å²) in [5.74, 6) is 0.541. The summed E-state index contributed by atoms with van der Waals surface area (Å²) in [5, 5.41) is 3.22. The van der Waals surface area contributed by atoms with E-state index >= 15 is 0 Å². The van der Waals surface area contributed by atoms with E-state index in [0.717, 1.165) is 36.2 Å². The first kappa shape index (κ1) is 12.0. The molecule has 2 aromatic rings. The lowest BCUT2D eigenvalue weighted by atomic mass is 10.1. The molecule has 98 valence electrons. The summed E-state index contributed by atoms with van der Waals surface area (Å²) >= 11 is 0. The fourth-order valence-electron chi connectivity index (χ4n) is 2.51. The van der Waals surface area contributed by atoms with Crippen LogP contribution in [0.4, 0.5) is 11.6 Å². The smallest absolute Gasteiger partial charge is 0.255 e. The van der Waals surface area contributed by atoms with E-state index in [4.69, 9.17) is 0 Å². The van der Waals surface area contributed by atoms with Crippen LogP contribution in [0.5, 0.6) is 0 Å². The van der Waals surface area contributed by atoms with Gasteiger partial charge in [-0.25, -0.2) is 4.98 Å². The highest BCUT2D eigenvalue weighted by Crippen LogP contribution is 2.22. The highest BCUT2D eigenvalue weighted by atomic mass is 16.1. The normalized spacial score (nSPS) is 13.4. The fraction of sp³-hybridized carbons (Fsp3) is 0.333. The van der Waals surface area contributed by atoms with Gasteiger partial charge in [0.25, 0.3) is 5.56 Å². The van der Waals surface area contributed by atoms with Crippen LogP contribution < -0.4 is 10.9 Å². The van der Waals surface area contributed by atoms with Gasteiger partial charge in [0.05, 0.1) is 5.69 Å². The summed E-state index contributed by atoms with van der Waals surface area (Å²) < 4.78 is 0. The number of rotatable bonds is 2. The third kappa shape index (κ3) is 2.14. The van der Waals surface area contributed by atoms with Crippen LogP contribution in [0.1, 0.15) is 28.8 Å². The van der Waals surface area contributed by atoms with Crippen molar-refractivity contribution in [2.75, 3.05) is 5.32 Å². The summed E-state index contributed by atoms with van der Waals surface area (Å²) in [4.78, 5) is 19.3. The van der Waals surface area contributed by atoms with Crippen LogP contribution >= 0.6 is 0 Å². The van der Waals surface area contributed by atoms with Crippen LogP contribution in [0.25, 0.3) is 0 Å². The van der Waals surface area contributed by atoms with Crippen molar-refractivity contribution >= 4 is 11.6 Å². The van der Waals surface area contributed by atoms with Crippen molar-refractivity contribution in [2.45, 2.75) is 33.1 Å². The summed E-state index contributed by atoms with van der Waals surface area (Å²) in [6.07, 6.45) is 2.78. The Morgan fingerprint density at radius 2 is 2.11 bits per heavy atom. The molecular formula is C15H17N3O. The molecule has 3 rings (SSSR count). The summed E-state index contributed by atoms with van der Waals surface area (Å²) in [7, 11) is 0. The van der Waals surface area contributed by atoms with Crippen molar-refractivity contribution in [1.29, 1.82) is 0 Å². The number of H-pyrrole nitrogens is 1. The lowest BCUT2D eigenvalue weighted by Gasteiger charge is -2.11. The fourth-order valence-corrected chi connectivity index (χ4v) is 2.51. The van der Waals surface area contributed by atoms with Gasteiger partial charge in [-0.05, 0) is 50.3 Å². The first-order chi connectivity index (χ1) is 9.15. The zero-order chi connectivity index (χ0) is 13.4. The summed E-state index contributed by atoms with van der Waals surface area (Å²) in [6.45, 7) is 4.13. The van der Waals surface area contributed by atoms with Gasteiger partial charge in [-0.1, -0.05) is 12.1 Å². The van der Waals surface area contributed by atoms with E-state index in [1.165, 1.54) is 11.1 Å². The molecule has 0 saturated heterocycles. The predicted octanol–water partition coefficient (Wildman–Crippen LogP) is 2.62. The van der Waals surface area contributed by atoms with Crippen molar-refractivity contribution in [3.8, 4) is 0 Å². The van der Waals surface area contributed by atoms with Crippen LogP contribution in [0, 0.1) is 13.8 Å². The standard InChI is InChI=1S/C15H17N3O/c1-9-5-3-7-12(10(9)2)16-15-17-13-8-4-6-11(13)14(19)18-15/h3,5,7H,4,6,8H2,1-2H3,(H2,16,17,18,19). The van der Waals surface area contributed by atoms with Crippen LogP contribution in [-0.4, -0.2) is 9.97 Å². The lowest BCUT2D eigenvalue weighted by molar-refractivity contribution is 0.899. The number of aromatic nitrogens is 2. The van der Waals surface area contributed by atoms with E-state index in [1.54, 1.807) is 0 Å². The molecule has 0 radical (unpaired) electrons. The van der Waals surface area contributed by atoms with Crippen molar-refractivity contribution < 1.29 is 0 Å². The summed E-state index contributed by atoms with van der Waals surface area (Å²) in [6, 6.07) is 6.06. The van der Waals surface area contributed by atoms with E-state index in [1.807, 2.05) is 12.1 Å². The van der Waals surface area contributed by atoms with E-state index in [-0.39, 0.29) is 5.56 Å². The molecule has 0 spiro atoms. The Morgan fingerprint density at radius 3 is 2.95 bits per heavy atom. The SMILES string of the molecule is Cc1cccc(Nc2nc3c(c(=O)[nH]2)CCC3)c1C. The Kier molecular flexibility index (Phi) is 2.85. The maximum atomic E-state index is 11.9. The number of nitrogens with zero attached hydrogens (tertiary/aromatic N) is 1. The van der Waals surface area contributed by atoms with Gasteiger partial charge in [0.2, 0.25) is 5.95 Å². The highest BCUT2D eigenvalue weighted by molar-refractivity contribution is 5.60. The zero-order valence-electron chi connectivity index (χ0n) is 11.2. The molecule has 1 heterocycles. The number of hydrogen-bond acceptors (Lipinski definition) is 3. The first-order valence-electron chi connectivity index (χ1n) is 6.60. The molecule has 2 N–H and O–H groups in total. The number of anilines is 2. The number of nitrogens with one attached hydrogen (secondary N) is 2. The molecule has 0 bridgehead atoms. The van der Waals surface area contributed by atoms with E-state index in [9.17, 15) is 4.79 Å². The second-order valence-corrected chi connectivity index (χ2v) is 5.07. The molecule has 0 fully saturated rings. The molecular weight excluding hydrogens is 238 g/mol. The molecule has 0 amide bonds. The topological polar surface area (TPSA) is 57.8 Å². The second kappa shape index (κ2) is 4.53. The average Bonchev–Trinajstić information content (AvgIpc) is 2.84. The quantitative estimate of drug-likeness (QED) is 0.867. The van der Waals surface area contributed by atoms with Gasteiger partial charge in [-0.3, -0.25) is 9.78 Å². The third-order valence-corrected chi connectivity index (χ3v) is 3.80. The molecule has 0 aliphatic heterocycles. The Balaban J connectivity index is 1.98. The Morgan fingerprint density at radius 1 is 1.26 bits per heavy atom. The van der Waals surface area contributed by atoms with Gasteiger partial charge < -0.3 is 5.32 Å². The Bertz CT molecular complexity index is 688. The number of aryl methyl sites for hydroxylation is 2. The van der Waals surface area contributed by atoms with Crippen LogP contribution in [0.2, 0.25) is 0 Å². The van der Waals surface area contributed by atoms with Gasteiger partial charge >= 0.3 is 0 Å². The number of benzene rings is 1. The minimum Gasteiger partial charge on any atom is -0.325 e. The van der Waals surface area contributed by atoms with E-state index in [0.29, 0.717) is 5.95 Å². The minimum absolute atomic E-state index is 0.00435. The van der Waals surface area contributed by atoms with Gasteiger partial charge in [0.1, 0.15) is 0 Å². The largest absolute Gasteiger partial charge is 0.325 e. The average molecular weight is 255 g/mol. The molecule has 4 heteroatoms. The van der Waals surface area contributed by atoms with Crippen LogP contribution in [-0.2, 0) is 12.8 Å². The molecule has 1 aliphatic carbocycles. The maximum absolute atomic E-state index is 11.9. The lowest BCUT2D eigenvalue weighted by Crippen LogP contribution is -2.16. The summed E-state index contributed by atoms with van der Waals surface area (Å²) in [5.41, 5.74) is 5.17. The van der Waals surface area contributed by atoms with Crippen molar-refractivity contribution in [3.05, 3.63) is 50.9 Å². The highest BCUT2D eigenvalue weighted by Gasteiger charge is 2.17. The molecule has 1 aliphatic rings. The van der Waals surface area contributed by atoms with Crippen molar-refractivity contribution in [2.24, 2.45) is 0 Å². The zero-order valence-corrected chi connectivity index (χ0v) is 11.2. The molecule has 19 heavy (non-hydrogen) atoms. The monoisotopic (exact) mass is 255 g/mol. The molecule has 1 aromatic heterocycles.